The van der Waals surface area contributed by atoms with Gasteiger partial charge in [0.05, 0.1) is 29.3 Å². The zero-order chi connectivity index (χ0) is 24.4. The van der Waals surface area contributed by atoms with E-state index < -0.39 is 15.8 Å². The fourth-order valence-corrected chi connectivity index (χ4v) is 5.46. The fraction of sp³-hybridized carbons (Fsp3) is 0.154. The number of benzene rings is 2. The van der Waals surface area contributed by atoms with E-state index in [-0.39, 0.29) is 28.4 Å². The Morgan fingerprint density at radius 2 is 1.63 bits per heavy atom. The Morgan fingerprint density at radius 3 is 2.37 bits per heavy atom. The third-order valence-electron chi connectivity index (χ3n) is 5.77. The monoisotopic (exact) mass is 487 g/mol. The van der Waals surface area contributed by atoms with E-state index in [0.29, 0.717) is 29.7 Å². The molecular formula is C26H21N3O5S. The predicted molar refractivity (Wildman–Crippen MR) is 128 cm³/mol. The molecule has 1 aliphatic rings. The molecule has 0 radical (unpaired) electrons. The molecule has 2 aromatic carbocycles. The van der Waals surface area contributed by atoms with E-state index in [0.717, 1.165) is 5.39 Å². The highest BCUT2D eigenvalue weighted by Gasteiger charge is 2.34. The summed E-state index contributed by atoms with van der Waals surface area (Å²) in [5, 5.41) is 0.757. The minimum Gasteiger partial charge on any atom is -0.454 e. The van der Waals surface area contributed by atoms with Gasteiger partial charge in [0.1, 0.15) is 11.8 Å². The molecule has 0 unspecified atom stereocenters. The van der Waals surface area contributed by atoms with Crippen LogP contribution in [0.15, 0.2) is 90.1 Å². The van der Waals surface area contributed by atoms with E-state index in [4.69, 9.17) is 4.74 Å². The number of ether oxygens (including phenoxy) is 1. The van der Waals surface area contributed by atoms with Crippen molar-refractivity contribution in [2.75, 3.05) is 13.1 Å². The van der Waals surface area contributed by atoms with E-state index in [2.05, 4.69) is 9.97 Å². The molecule has 35 heavy (non-hydrogen) atoms. The van der Waals surface area contributed by atoms with Gasteiger partial charge < -0.3 is 9.64 Å². The normalized spacial score (nSPS) is 13.9. The van der Waals surface area contributed by atoms with Crippen LogP contribution in [0.2, 0.25) is 0 Å². The SMILES string of the molecule is O=C(OC1CN(C(=O)c2ccc(CS(=O)(=O)c3cccc4cccnc34)cc2)C1)c1ccccn1. The molecule has 1 aliphatic heterocycles. The number of nitrogens with zero attached hydrogens (tertiary/aromatic N) is 3. The second kappa shape index (κ2) is 9.27. The van der Waals surface area contributed by atoms with Crippen LogP contribution in [0, 0.1) is 0 Å². The number of carbonyl (C=O) groups is 2. The summed E-state index contributed by atoms with van der Waals surface area (Å²) < 4.78 is 31.5. The Bertz CT molecular complexity index is 1490. The third kappa shape index (κ3) is 4.76. The lowest BCUT2D eigenvalue weighted by atomic mass is 10.1. The molecule has 0 N–H and O–H groups in total. The van der Waals surface area contributed by atoms with Gasteiger partial charge in [0.2, 0.25) is 0 Å². The molecule has 9 heteroatoms. The number of aromatic nitrogens is 2. The molecule has 1 fully saturated rings. The lowest BCUT2D eigenvalue weighted by Crippen LogP contribution is -2.55. The summed E-state index contributed by atoms with van der Waals surface area (Å²) in [6.07, 6.45) is 2.70. The molecule has 3 heterocycles. The number of amides is 1. The van der Waals surface area contributed by atoms with Crippen molar-refractivity contribution < 1.29 is 22.7 Å². The number of pyridine rings is 2. The molecular weight excluding hydrogens is 466 g/mol. The molecule has 2 aromatic heterocycles. The van der Waals surface area contributed by atoms with Crippen molar-refractivity contribution in [2.45, 2.75) is 16.8 Å². The number of fused-ring (bicyclic) bond motifs is 1. The van der Waals surface area contributed by atoms with Crippen molar-refractivity contribution in [1.29, 1.82) is 0 Å². The molecule has 4 aromatic rings. The zero-order valence-electron chi connectivity index (χ0n) is 18.6. The van der Waals surface area contributed by atoms with Crippen molar-refractivity contribution in [3.05, 3.63) is 102 Å². The standard InChI is InChI=1S/C26H21N3O5S/c30-25(29-15-21(16-29)34-26(31)22-7-1-2-13-27-22)20-11-9-18(10-12-20)17-35(32,33)23-8-3-5-19-6-4-14-28-24(19)23/h1-14,21H,15-17H2. The van der Waals surface area contributed by atoms with Gasteiger partial charge in [-0.1, -0.05) is 36.4 Å². The van der Waals surface area contributed by atoms with Crippen LogP contribution in [0.5, 0.6) is 0 Å². The number of para-hydroxylation sites is 1. The summed E-state index contributed by atoms with van der Waals surface area (Å²) in [7, 11) is -3.64. The van der Waals surface area contributed by atoms with E-state index >= 15 is 0 Å². The van der Waals surface area contributed by atoms with E-state index in [9.17, 15) is 18.0 Å². The molecule has 5 rings (SSSR count). The average molecular weight is 488 g/mol. The summed E-state index contributed by atoms with van der Waals surface area (Å²) in [4.78, 5) is 34.8. The lowest BCUT2D eigenvalue weighted by molar-refractivity contribution is -0.0238. The second-order valence-corrected chi connectivity index (χ2v) is 10.2. The number of carbonyl (C=O) groups excluding carboxylic acids is 2. The van der Waals surface area contributed by atoms with Gasteiger partial charge in [0.25, 0.3) is 5.91 Å². The van der Waals surface area contributed by atoms with Gasteiger partial charge >= 0.3 is 5.97 Å². The maximum absolute atomic E-state index is 13.1. The van der Waals surface area contributed by atoms with Gasteiger partial charge in [-0.15, -0.1) is 0 Å². The van der Waals surface area contributed by atoms with E-state index in [1.807, 2.05) is 12.1 Å². The number of hydrogen-bond acceptors (Lipinski definition) is 7. The quantitative estimate of drug-likeness (QED) is 0.384. The number of sulfone groups is 1. The Balaban J connectivity index is 1.21. The van der Waals surface area contributed by atoms with Crippen molar-refractivity contribution in [1.82, 2.24) is 14.9 Å². The van der Waals surface area contributed by atoms with Gasteiger partial charge in [-0.3, -0.25) is 9.78 Å². The van der Waals surface area contributed by atoms with Gasteiger partial charge in [-0.05, 0) is 42.0 Å². The minimum absolute atomic E-state index is 0.183. The molecule has 0 atom stereocenters. The number of esters is 1. The molecule has 1 saturated heterocycles. The maximum atomic E-state index is 13.1. The van der Waals surface area contributed by atoms with E-state index in [1.54, 1.807) is 71.8 Å². The molecule has 0 bridgehead atoms. The molecule has 8 nitrogen and oxygen atoms in total. The van der Waals surface area contributed by atoms with Crippen LogP contribution in [-0.2, 0) is 20.3 Å². The van der Waals surface area contributed by atoms with Crippen molar-refractivity contribution in [2.24, 2.45) is 0 Å². The summed E-state index contributed by atoms with van der Waals surface area (Å²) in [6, 6.07) is 20.2. The molecule has 0 saturated carbocycles. The van der Waals surface area contributed by atoms with Crippen LogP contribution in [0.25, 0.3) is 10.9 Å². The van der Waals surface area contributed by atoms with Crippen molar-refractivity contribution in [3.63, 3.8) is 0 Å². The zero-order valence-corrected chi connectivity index (χ0v) is 19.4. The van der Waals surface area contributed by atoms with Crippen LogP contribution in [0.1, 0.15) is 26.4 Å². The fourth-order valence-electron chi connectivity index (χ4n) is 3.92. The Kier molecular flexibility index (Phi) is 6.00. The first-order valence-electron chi connectivity index (χ1n) is 11.0. The molecule has 0 spiro atoms. The summed E-state index contributed by atoms with van der Waals surface area (Å²) in [5.74, 6) is -0.927. The lowest BCUT2D eigenvalue weighted by Gasteiger charge is -2.38. The summed E-state index contributed by atoms with van der Waals surface area (Å²) in [5.41, 5.74) is 1.67. The first kappa shape index (κ1) is 22.7. The minimum atomic E-state index is -3.64. The topological polar surface area (TPSA) is 107 Å². The van der Waals surface area contributed by atoms with Gasteiger partial charge in [-0.25, -0.2) is 18.2 Å². The van der Waals surface area contributed by atoms with Crippen LogP contribution < -0.4 is 0 Å². The summed E-state index contributed by atoms with van der Waals surface area (Å²) >= 11 is 0. The Morgan fingerprint density at radius 1 is 0.886 bits per heavy atom. The molecule has 176 valence electrons. The highest BCUT2D eigenvalue weighted by atomic mass is 32.2. The molecule has 0 aliphatic carbocycles. The molecule has 1 amide bonds. The van der Waals surface area contributed by atoms with E-state index in [1.165, 1.54) is 6.20 Å². The predicted octanol–water partition coefficient (Wildman–Crippen LogP) is 3.29. The summed E-state index contributed by atoms with van der Waals surface area (Å²) in [6.45, 7) is 0.587. The number of rotatable bonds is 6. The van der Waals surface area contributed by atoms with Crippen LogP contribution in [0.3, 0.4) is 0 Å². The van der Waals surface area contributed by atoms with Crippen LogP contribution in [0.4, 0.5) is 0 Å². The Labute approximate surface area is 202 Å². The van der Waals surface area contributed by atoms with Crippen LogP contribution in [-0.4, -0.2) is 54.4 Å². The largest absolute Gasteiger partial charge is 0.454 e. The van der Waals surface area contributed by atoms with Gasteiger partial charge in [0, 0.05) is 23.3 Å². The first-order chi connectivity index (χ1) is 16.9. The number of hydrogen-bond donors (Lipinski definition) is 0. The average Bonchev–Trinajstić information content (AvgIpc) is 2.86. The van der Waals surface area contributed by atoms with Gasteiger partial charge in [0.15, 0.2) is 9.84 Å². The highest BCUT2D eigenvalue weighted by Crippen LogP contribution is 2.25. The van der Waals surface area contributed by atoms with Crippen molar-refractivity contribution in [3.8, 4) is 0 Å². The Hall–Kier alpha value is -4.11. The van der Waals surface area contributed by atoms with Gasteiger partial charge in [-0.2, -0.15) is 0 Å². The third-order valence-corrected chi connectivity index (χ3v) is 7.48. The van der Waals surface area contributed by atoms with Crippen molar-refractivity contribution >= 4 is 32.6 Å². The second-order valence-electron chi connectivity index (χ2n) is 8.24. The maximum Gasteiger partial charge on any atom is 0.357 e. The number of likely N-dealkylation sites (tertiary alicyclic amines) is 1. The highest BCUT2D eigenvalue weighted by molar-refractivity contribution is 7.90. The van der Waals surface area contributed by atoms with Crippen LogP contribution >= 0.6 is 0 Å². The first-order valence-corrected chi connectivity index (χ1v) is 12.6. The smallest absolute Gasteiger partial charge is 0.357 e.